The molecule has 0 aromatic heterocycles. The highest BCUT2D eigenvalue weighted by molar-refractivity contribution is 6.01. The largest absolute Gasteiger partial charge is 0.468 e. The molecule has 0 saturated heterocycles. The number of allylic oxidation sites excluding steroid dienone is 2. The zero-order chi connectivity index (χ0) is 48.2. The molecule has 0 aliphatic carbocycles. The van der Waals surface area contributed by atoms with Gasteiger partial charge in [-0.1, -0.05) is 24.3 Å². The molecule has 19 nitrogen and oxygen atoms in total. The number of nitrogens with one attached hydrogen (secondary N) is 1. The van der Waals surface area contributed by atoms with Crippen molar-refractivity contribution in [3.63, 3.8) is 0 Å². The summed E-state index contributed by atoms with van der Waals surface area (Å²) in [5, 5.41) is 13.5. The summed E-state index contributed by atoms with van der Waals surface area (Å²) in [7, 11) is 5.03. The van der Waals surface area contributed by atoms with Gasteiger partial charge in [0.2, 0.25) is 0 Å². The molecule has 346 valence electrons. The number of nitro benzene ring substituents is 1. The monoisotopic (exact) mass is 906 g/mol. The molecule has 2 aliphatic heterocycles. The van der Waals surface area contributed by atoms with Crippen LogP contribution in [0, 0.1) is 21.7 Å². The van der Waals surface area contributed by atoms with Crippen LogP contribution in [-0.4, -0.2) is 97.4 Å². The van der Waals surface area contributed by atoms with E-state index in [1.165, 1.54) is 106 Å². The molecular weight excluding hydrogens is 859 g/mol. The first-order valence-corrected chi connectivity index (χ1v) is 19.6. The number of urea groups is 1. The second kappa shape index (κ2) is 22.1. The maximum absolute atomic E-state index is 13.5. The third-order valence-electron chi connectivity index (χ3n) is 9.25. The Bertz CT molecular complexity index is 2390. The number of non-ortho nitro benzene ring substituents is 1. The number of esters is 3. The van der Waals surface area contributed by atoms with Crippen molar-refractivity contribution < 1.29 is 66.1 Å². The molecule has 3 aromatic carbocycles. The predicted octanol–water partition coefficient (Wildman–Crippen LogP) is 7.20. The number of rotatable bonds is 10. The molecule has 2 heterocycles. The van der Waals surface area contributed by atoms with Gasteiger partial charge in [0.1, 0.15) is 35.1 Å². The van der Waals surface area contributed by atoms with Gasteiger partial charge in [-0.2, -0.15) is 0 Å². The molecule has 0 bridgehead atoms. The number of nitrogens with zero attached hydrogens (tertiary/aromatic N) is 5. The number of hydrogen-bond acceptors (Lipinski definition) is 15. The molecule has 3 amide bonds. The number of aliphatic imine (C=N–C) groups is 2. The molecule has 5 rings (SSSR count). The minimum atomic E-state index is -1.10. The van der Waals surface area contributed by atoms with Crippen LogP contribution in [0.2, 0.25) is 0 Å². The lowest BCUT2D eigenvalue weighted by Gasteiger charge is -2.35. The van der Waals surface area contributed by atoms with Gasteiger partial charge in [0.05, 0.1) is 55.9 Å². The number of amides is 3. The fraction of sp³-hybridized carbons (Fsp3) is 0.341. The predicted molar refractivity (Wildman–Crippen MR) is 228 cm³/mol. The van der Waals surface area contributed by atoms with Crippen molar-refractivity contribution in [2.24, 2.45) is 9.98 Å². The average molecular weight is 907 g/mol. The number of benzene rings is 3. The third kappa shape index (κ3) is 12.7. The van der Waals surface area contributed by atoms with Crippen LogP contribution in [0.15, 0.2) is 105 Å². The quantitative estimate of drug-likeness (QED) is 0.0699. The van der Waals surface area contributed by atoms with Crippen LogP contribution in [0.4, 0.5) is 24.1 Å². The van der Waals surface area contributed by atoms with E-state index in [1.807, 2.05) is 0 Å². The lowest BCUT2D eigenvalue weighted by Crippen LogP contribution is -2.49. The normalized spacial score (nSPS) is 15.9. The summed E-state index contributed by atoms with van der Waals surface area (Å²) >= 11 is 0. The minimum absolute atomic E-state index is 0.0137. The van der Waals surface area contributed by atoms with Gasteiger partial charge in [0.25, 0.3) is 5.69 Å². The molecule has 3 aromatic rings. The summed E-state index contributed by atoms with van der Waals surface area (Å²) in [5.74, 6) is -2.75. The number of amidine groups is 2. The first kappa shape index (κ1) is 49.9. The summed E-state index contributed by atoms with van der Waals surface area (Å²) in [6.45, 7) is 8.63. The Morgan fingerprint density at radius 3 is 1.58 bits per heavy atom. The van der Waals surface area contributed by atoms with Gasteiger partial charge in [-0.15, -0.1) is 0 Å². The van der Waals surface area contributed by atoms with Crippen LogP contribution >= 0.6 is 0 Å². The lowest BCUT2D eigenvalue weighted by atomic mass is 9.94. The highest BCUT2D eigenvalue weighted by Gasteiger charge is 2.43. The molecule has 21 heteroatoms. The summed E-state index contributed by atoms with van der Waals surface area (Å²) in [6, 6.07) is 12.5. The van der Waals surface area contributed by atoms with Crippen molar-refractivity contribution in [1.82, 2.24) is 15.1 Å². The van der Waals surface area contributed by atoms with Crippen molar-refractivity contribution in [2.75, 3.05) is 35.0 Å². The van der Waals surface area contributed by atoms with Crippen molar-refractivity contribution in [1.29, 1.82) is 0 Å². The molecule has 2 aliphatic rings. The smallest absolute Gasteiger partial charge is 0.424 e. The summed E-state index contributed by atoms with van der Waals surface area (Å²) in [6.07, 6.45) is -0.521. The van der Waals surface area contributed by atoms with Crippen LogP contribution < -0.4 is 10.1 Å². The van der Waals surface area contributed by atoms with Crippen molar-refractivity contribution in [3.05, 3.63) is 128 Å². The topological polar surface area (TPSA) is 227 Å². The summed E-state index contributed by atoms with van der Waals surface area (Å²) in [4.78, 5) is 84.0. The van der Waals surface area contributed by atoms with Gasteiger partial charge in [-0.05, 0) is 88.6 Å². The van der Waals surface area contributed by atoms with Crippen molar-refractivity contribution >= 4 is 47.8 Å². The SMILES string of the molecule is COC(=O)C1=C(C)N=C(OC)N(C(=O)NCCCC(=O)OC(C)(C)C)C1c1ccc(F)cc1.COC(=O)C1=C(C)N=C(OC)N(C(=O)Oc2ccc([N+](=O)[O-])cc2)C1c1ccc(F)cc1. The standard InChI is InChI=1S/C23H30FN3O6.C21H18FN3O7/c1-14-18(20(29)31-5)19(15-9-11-16(24)12-10-15)27(22(26-14)32-6)21(30)25-13-7-8-17(28)33-23(2,3)4;1-12-17(19(26)30-2)18(13-4-6-14(22)7-5-13)24(20(23-12)31-3)21(27)32-16-10-8-15(9-11-16)25(28)29/h9-12,19H,7-8,13H2,1-6H3,(H,25,30);4-11,18H,1-3H3. The van der Waals surface area contributed by atoms with E-state index in [2.05, 4.69) is 15.3 Å². The average Bonchev–Trinajstić information content (AvgIpc) is 3.26. The summed E-state index contributed by atoms with van der Waals surface area (Å²) < 4.78 is 58.0. The zero-order valence-corrected chi connectivity index (χ0v) is 37.0. The summed E-state index contributed by atoms with van der Waals surface area (Å²) in [5.41, 5.74) is 0.756. The first-order chi connectivity index (χ1) is 30.7. The third-order valence-corrected chi connectivity index (χ3v) is 9.25. The Hall–Kier alpha value is -7.71. The minimum Gasteiger partial charge on any atom is -0.468 e. The fourth-order valence-corrected chi connectivity index (χ4v) is 6.42. The molecule has 1 N–H and O–H groups in total. The zero-order valence-electron chi connectivity index (χ0n) is 37.0. The van der Waals surface area contributed by atoms with Gasteiger partial charge in [0.15, 0.2) is 0 Å². The molecule has 2 atom stereocenters. The Balaban J connectivity index is 0.000000285. The van der Waals surface area contributed by atoms with Gasteiger partial charge in [-0.25, -0.2) is 47.7 Å². The molecule has 2 unspecified atom stereocenters. The number of carbonyl (C=O) groups is 5. The number of hydrogen-bond donors (Lipinski definition) is 1. The Morgan fingerprint density at radius 1 is 0.723 bits per heavy atom. The molecule has 65 heavy (non-hydrogen) atoms. The van der Waals surface area contributed by atoms with Crippen LogP contribution in [-0.2, 0) is 38.1 Å². The maximum Gasteiger partial charge on any atom is 0.424 e. The molecular formula is C44H48F2N6O13. The Labute approximate surface area is 372 Å². The van der Waals surface area contributed by atoms with Crippen molar-refractivity contribution in [2.45, 2.75) is 65.1 Å². The number of halogens is 2. The maximum atomic E-state index is 13.5. The number of ether oxygens (including phenoxy) is 6. The van der Waals surface area contributed by atoms with Crippen LogP contribution in [0.1, 0.15) is 70.7 Å². The van der Waals surface area contributed by atoms with E-state index in [1.54, 1.807) is 34.6 Å². The van der Waals surface area contributed by atoms with E-state index in [-0.39, 0.29) is 59.3 Å². The van der Waals surface area contributed by atoms with Gasteiger partial charge < -0.3 is 33.7 Å². The number of methoxy groups -OCH3 is 4. The number of nitro groups is 1. The van der Waals surface area contributed by atoms with E-state index in [4.69, 9.17) is 28.4 Å². The van der Waals surface area contributed by atoms with Crippen LogP contribution in [0.5, 0.6) is 5.75 Å². The van der Waals surface area contributed by atoms with Gasteiger partial charge >= 0.3 is 42.1 Å². The van der Waals surface area contributed by atoms with Crippen LogP contribution in [0.3, 0.4) is 0 Å². The lowest BCUT2D eigenvalue weighted by molar-refractivity contribution is -0.384. The second-order valence-electron chi connectivity index (χ2n) is 14.9. The van der Waals surface area contributed by atoms with E-state index >= 15 is 0 Å². The van der Waals surface area contributed by atoms with Gasteiger partial charge in [0, 0.05) is 25.1 Å². The Morgan fingerprint density at radius 2 is 1.17 bits per heavy atom. The molecule has 0 fully saturated rings. The van der Waals surface area contributed by atoms with Crippen molar-refractivity contribution in [3.8, 4) is 5.75 Å². The molecule has 0 radical (unpaired) electrons. The van der Waals surface area contributed by atoms with E-state index in [9.17, 15) is 42.9 Å². The highest BCUT2D eigenvalue weighted by Crippen LogP contribution is 2.38. The van der Waals surface area contributed by atoms with Gasteiger partial charge in [-0.3, -0.25) is 14.9 Å². The molecule has 0 spiro atoms. The van der Waals surface area contributed by atoms with E-state index in [0.717, 1.165) is 4.90 Å². The van der Waals surface area contributed by atoms with E-state index < -0.39 is 58.3 Å². The van der Waals surface area contributed by atoms with E-state index in [0.29, 0.717) is 23.2 Å². The highest BCUT2D eigenvalue weighted by atomic mass is 19.1. The second-order valence-corrected chi connectivity index (χ2v) is 14.9. The Kier molecular flexibility index (Phi) is 17.0. The molecule has 0 saturated carbocycles. The number of carbonyl (C=O) groups excluding carboxylic acids is 5. The van der Waals surface area contributed by atoms with Crippen LogP contribution in [0.25, 0.3) is 0 Å². The first-order valence-electron chi connectivity index (χ1n) is 19.6. The fourth-order valence-electron chi connectivity index (χ4n) is 6.42.